The quantitative estimate of drug-likeness (QED) is 0.398. The molecule has 3 aromatic carbocycles. The van der Waals surface area contributed by atoms with Crippen molar-refractivity contribution in [1.29, 1.82) is 0 Å². The molecule has 1 atom stereocenters. The van der Waals surface area contributed by atoms with Crippen LogP contribution in [0.3, 0.4) is 0 Å². The van der Waals surface area contributed by atoms with Gasteiger partial charge < -0.3 is 4.74 Å². The van der Waals surface area contributed by atoms with Gasteiger partial charge in [-0.2, -0.15) is 0 Å². The molecular weight excluding hydrogens is 392 g/mol. The van der Waals surface area contributed by atoms with Crippen molar-refractivity contribution in [2.45, 2.75) is 19.3 Å². The van der Waals surface area contributed by atoms with Crippen molar-refractivity contribution in [3.8, 4) is 5.75 Å². The van der Waals surface area contributed by atoms with Gasteiger partial charge in [0.2, 0.25) is 0 Å². The average molecular weight is 415 g/mol. The molecule has 1 unspecified atom stereocenters. The zero-order valence-electron chi connectivity index (χ0n) is 17.1. The number of rotatable bonds is 6. The minimum atomic E-state index is -0.285. The summed E-state index contributed by atoms with van der Waals surface area (Å²) in [6, 6.07) is 23.3. The lowest BCUT2D eigenvalue weighted by Gasteiger charge is -2.14. The Balaban J connectivity index is 1.71. The van der Waals surface area contributed by atoms with E-state index in [1.165, 1.54) is 5.57 Å². The number of allylic oxidation sites excluding steroid dienone is 3. The first-order valence-electron chi connectivity index (χ1n) is 9.98. The summed E-state index contributed by atoms with van der Waals surface area (Å²) in [5, 5.41) is 0.627. The van der Waals surface area contributed by atoms with E-state index in [-0.39, 0.29) is 11.7 Å². The molecule has 4 rings (SSSR count). The maximum atomic E-state index is 13.4. The molecule has 1 aliphatic rings. The lowest BCUT2D eigenvalue weighted by molar-refractivity contribution is 0.0973. The number of carbonyl (C=O) groups is 1. The molecule has 30 heavy (non-hydrogen) atoms. The van der Waals surface area contributed by atoms with Gasteiger partial charge >= 0.3 is 0 Å². The Morgan fingerprint density at radius 3 is 2.47 bits per heavy atom. The summed E-state index contributed by atoms with van der Waals surface area (Å²) in [6.45, 7) is 2.07. The second-order valence-corrected chi connectivity index (χ2v) is 7.87. The summed E-state index contributed by atoms with van der Waals surface area (Å²) in [4.78, 5) is 13.4. The van der Waals surface area contributed by atoms with Gasteiger partial charge in [-0.1, -0.05) is 65.7 Å². The van der Waals surface area contributed by atoms with E-state index < -0.39 is 0 Å². The predicted octanol–water partition coefficient (Wildman–Crippen LogP) is 7.21. The van der Waals surface area contributed by atoms with Crippen LogP contribution in [0, 0.1) is 0 Å². The third kappa shape index (κ3) is 3.96. The van der Waals surface area contributed by atoms with Crippen molar-refractivity contribution in [3.05, 3.63) is 112 Å². The molecular formula is C27H23ClO2. The Morgan fingerprint density at radius 2 is 1.77 bits per heavy atom. The molecule has 0 aliphatic heterocycles. The van der Waals surface area contributed by atoms with E-state index in [4.69, 9.17) is 16.3 Å². The summed E-state index contributed by atoms with van der Waals surface area (Å²) in [7, 11) is 1.67. The Morgan fingerprint density at radius 1 is 1.03 bits per heavy atom. The molecule has 0 N–H and O–H groups in total. The van der Waals surface area contributed by atoms with Gasteiger partial charge in [-0.05, 0) is 72.0 Å². The van der Waals surface area contributed by atoms with Crippen LogP contribution in [0.2, 0.25) is 5.02 Å². The van der Waals surface area contributed by atoms with Crippen LogP contribution >= 0.6 is 11.6 Å². The van der Waals surface area contributed by atoms with Gasteiger partial charge in [-0.3, -0.25) is 4.79 Å². The summed E-state index contributed by atoms with van der Waals surface area (Å²) in [5.41, 5.74) is 6.24. The molecule has 150 valence electrons. The predicted molar refractivity (Wildman–Crippen MR) is 124 cm³/mol. The van der Waals surface area contributed by atoms with Crippen molar-refractivity contribution in [2.24, 2.45) is 0 Å². The van der Waals surface area contributed by atoms with E-state index in [1.807, 2.05) is 36.4 Å². The van der Waals surface area contributed by atoms with Crippen molar-refractivity contribution >= 4 is 29.0 Å². The van der Waals surface area contributed by atoms with Crippen LogP contribution in [0.4, 0.5) is 0 Å². The molecule has 0 bridgehead atoms. The standard InChI is InChI=1S/C27H23ClO2/c1-18-23(10-6-9-19-7-4-3-5-8-19)25-17-22(30-2)15-16-24(25)26(18)27(29)20-11-13-21(28)14-12-20/h3-9,11-17,26H,10H2,1-2H3/b9-6+. The third-order valence-electron chi connectivity index (χ3n) is 5.63. The van der Waals surface area contributed by atoms with Crippen LogP contribution in [0.5, 0.6) is 5.75 Å². The van der Waals surface area contributed by atoms with Crippen LogP contribution in [-0.2, 0) is 0 Å². The number of ketones is 1. The molecule has 0 radical (unpaired) electrons. The first kappa shape index (κ1) is 20.2. The van der Waals surface area contributed by atoms with E-state index in [2.05, 4.69) is 31.2 Å². The number of benzene rings is 3. The van der Waals surface area contributed by atoms with Crippen molar-refractivity contribution in [1.82, 2.24) is 0 Å². The highest BCUT2D eigenvalue weighted by Crippen LogP contribution is 2.46. The summed E-state index contributed by atoms with van der Waals surface area (Å²) in [6.07, 6.45) is 5.03. The largest absolute Gasteiger partial charge is 0.497 e. The number of hydrogen-bond acceptors (Lipinski definition) is 2. The third-order valence-corrected chi connectivity index (χ3v) is 5.88. The molecule has 3 heteroatoms. The topological polar surface area (TPSA) is 26.3 Å². The zero-order chi connectivity index (χ0) is 21.1. The van der Waals surface area contributed by atoms with E-state index in [9.17, 15) is 4.79 Å². The van der Waals surface area contributed by atoms with Crippen molar-refractivity contribution in [2.75, 3.05) is 7.11 Å². The Labute approximate surface area is 182 Å². The maximum Gasteiger partial charge on any atom is 0.174 e. The van der Waals surface area contributed by atoms with Gasteiger partial charge in [-0.25, -0.2) is 0 Å². The molecule has 0 spiro atoms. The van der Waals surface area contributed by atoms with Gasteiger partial charge in [-0.15, -0.1) is 0 Å². The first-order chi connectivity index (χ1) is 14.6. The zero-order valence-corrected chi connectivity index (χ0v) is 17.8. The summed E-state index contributed by atoms with van der Waals surface area (Å²) < 4.78 is 5.45. The van der Waals surface area contributed by atoms with E-state index in [0.717, 1.165) is 34.4 Å². The molecule has 0 heterocycles. The second kappa shape index (κ2) is 8.73. The SMILES string of the molecule is COc1ccc2c(c1)C(C/C=C/c1ccccc1)=C(C)C2C(=O)c1ccc(Cl)cc1. The van der Waals surface area contributed by atoms with Gasteiger partial charge in [0.05, 0.1) is 13.0 Å². The Bertz CT molecular complexity index is 1130. The van der Waals surface area contributed by atoms with Gasteiger partial charge in [0.15, 0.2) is 5.78 Å². The first-order valence-corrected chi connectivity index (χ1v) is 10.4. The van der Waals surface area contributed by atoms with Crippen LogP contribution in [-0.4, -0.2) is 12.9 Å². The number of ether oxygens (including phenoxy) is 1. The van der Waals surface area contributed by atoms with E-state index in [1.54, 1.807) is 31.4 Å². The maximum absolute atomic E-state index is 13.4. The molecule has 1 aliphatic carbocycles. The smallest absolute Gasteiger partial charge is 0.174 e. The Kier molecular flexibility index (Phi) is 5.87. The molecule has 0 saturated heterocycles. The Hall–Kier alpha value is -3.10. The monoisotopic (exact) mass is 414 g/mol. The van der Waals surface area contributed by atoms with Crippen LogP contribution in [0.15, 0.2) is 84.4 Å². The summed E-state index contributed by atoms with van der Waals surface area (Å²) in [5.74, 6) is 0.607. The van der Waals surface area contributed by atoms with Gasteiger partial charge in [0.1, 0.15) is 5.75 Å². The lowest BCUT2D eigenvalue weighted by atomic mass is 9.88. The van der Waals surface area contributed by atoms with Crippen molar-refractivity contribution < 1.29 is 9.53 Å². The van der Waals surface area contributed by atoms with Crippen LogP contribution in [0.1, 0.15) is 46.3 Å². The number of Topliss-reactive ketones (excluding diaryl/α,β-unsaturated/α-hetero) is 1. The molecule has 0 saturated carbocycles. The van der Waals surface area contributed by atoms with E-state index >= 15 is 0 Å². The number of methoxy groups -OCH3 is 1. The number of carbonyl (C=O) groups excluding carboxylic acids is 1. The molecule has 0 fully saturated rings. The lowest BCUT2D eigenvalue weighted by Crippen LogP contribution is -2.12. The fraction of sp³-hybridized carbons (Fsp3) is 0.148. The fourth-order valence-electron chi connectivity index (χ4n) is 4.06. The van der Waals surface area contributed by atoms with Crippen molar-refractivity contribution in [3.63, 3.8) is 0 Å². The number of hydrogen-bond donors (Lipinski definition) is 0. The van der Waals surface area contributed by atoms with Gasteiger partial charge in [0.25, 0.3) is 0 Å². The normalized spacial score (nSPS) is 15.5. The minimum Gasteiger partial charge on any atom is -0.497 e. The highest BCUT2D eigenvalue weighted by molar-refractivity contribution is 6.30. The van der Waals surface area contributed by atoms with Gasteiger partial charge in [0, 0.05) is 10.6 Å². The molecule has 0 aromatic heterocycles. The number of fused-ring (bicyclic) bond motifs is 1. The molecule has 3 aromatic rings. The molecule has 2 nitrogen and oxygen atoms in total. The highest BCUT2D eigenvalue weighted by atomic mass is 35.5. The highest BCUT2D eigenvalue weighted by Gasteiger charge is 2.34. The summed E-state index contributed by atoms with van der Waals surface area (Å²) >= 11 is 6.01. The molecule has 0 amide bonds. The fourth-order valence-corrected chi connectivity index (χ4v) is 4.19. The number of halogens is 1. The minimum absolute atomic E-state index is 0.0950. The average Bonchev–Trinajstić information content (AvgIpc) is 3.05. The van der Waals surface area contributed by atoms with Crippen LogP contribution < -0.4 is 4.74 Å². The van der Waals surface area contributed by atoms with Crippen LogP contribution in [0.25, 0.3) is 11.6 Å². The second-order valence-electron chi connectivity index (χ2n) is 7.44. The van der Waals surface area contributed by atoms with E-state index in [0.29, 0.717) is 10.6 Å².